The van der Waals surface area contributed by atoms with E-state index in [-0.39, 0.29) is 24.9 Å². The third-order valence-corrected chi connectivity index (χ3v) is 10.2. The lowest BCUT2D eigenvalue weighted by Crippen LogP contribution is -2.46. The molecule has 0 aliphatic carbocycles. The van der Waals surface area contributed by atoms with Crippen molar-refractivity contribution in [3.8, 4) is 0 Å². The van der Waals surface area contributed by atoms with E-state index in [2.05, 4.69) is 26.1 Å². The fourth-order valence-corrected chi connectivity index (χ4v) is 6.84. The van der Waals surface area contributed by atoms with E-state index < -0.39 is 18.2 Å². The minimum Gasteiger partial charge on any atom is -0.462 e. The minimum atomic E-state index is -0.776. The monoisotopic (exact) mass is 696 g/mol. The van der Waals surface area contributed by atoms with Gasteiger partial charge in [-0.15, -0.1) is 0 Å². The van der Waals surface area contributed by atoms with E-state index in [1.54, 1.807) is 0 Å². The number of unbranched alkanes of at least 4 members (excludes halogenated alkanes) is 27. The second-order valence-corrected chi connectivity index (χ2v) is 15.1. The van der Waals surface area contributed by atoms with Gasteiger partial charge in [0.15, 0.2) is 0 Å². The fourth-order valence-electron chi connectivity index (χ4n) is 6.84. The van der Waals surface area contributed by atoms with Crippen molar-refractivity contribution in [1.82, 2.24) is 5.32 Å². The lowest BCUT2D eigenvalue weighted by molar-refractivity contribution is -0.151. The molecule has 0 aromatic carbocycles. The zero-order valence-corrected chi connectivity index (χ0v) is 33.1. The Morgan fingerprint density at radius 1 is 0.510 bits per heavy atom. The predicted octanol–water partition coefficient (Wildman–Crippen LogP) is 12.1. The molecule has 0 aliphatic heterocycles. The van der Waals surface area contributed by atoms with Crippen LogP contribution < -0.4 is 5.32 Å². The van der Waals surface area contributed by atoms with E-state index >= 15 is 0 Å². The van der Waals surface area contributed by atoms with Gasteiger partial charge < -0.3 is 20.3 Å². The lowest BCUT2D eigenvalue weighted by atomic mass is 10.0. The first-order valence-corrected chi connectivity index (χ1v) is 21.8. The van der Waals surface area contributed by atoms with Gasteiger partial charge in [-0.2, -0.15) is 0 Å². The first-order chi connectivity index (χ1) is 24.0. The maximum Gasteiger partial charge on any atom is 0.306 e. The molecule has 0 heterocycles. The molecule has 3 atom stereocenters. The molecule has 0 aromatic heterocycles. The molecule has 49 heavy (non-hydrogen) atoms. The van der Waals surface area contributed by atoms with Crippen LogP contribution in [0.2, 0.25) is 0 Å². The predicted molar refractivity (Wildman–Crippen MR) is 209 cm³/mol. The highest BCUT2D eigenvalue weighted by Gasteiger charge is 2.24. The van der Waals surface area contributed by atoms with Crippen LogP contribution in [0.25, 0.3) is 0 Å². The molecule has 0 radical (unpaired) electrons. The van der Waals surface area contributed by atoms with Crippen LogP contribution in [-0.4, -0.2) is 46.9 Å². The van der Waals surface area contributed by atoms with Gasteiger partial charge in [0.2, 0.25) is 5.91 Å². The van der Waals surface area contributed by atoms with Crippen molar-refractivity contribution < 1.29 is 24.5 Å². The second-order valence-electron chi connectivity index (χ2n) is 15.1. The maximum absolute atomic E-state index is 13.1. The molecule has 0 aliphatic rings. The average Bonchev–Trinajstić information content (AvgIpc) is 3.09. The molecule has 0 saturated carbocycles. The van der Waals surface area contributed by atoms with Crippen LogP contribution >= 0.6 is 0 Å². The van der Waals surface area contributed by atoms with Gasteiger partial charge in [-0.3, -0.25) is 9.59 Å². The van der Waals surface area contributed by atoms with Gasteiger partial charge in [0.1, 0.15) is 6.10 Å². The number of carbonyl (C=O) groups excluding carboxylic acids is 2. The van der Waals surface area contributed by atoms with E-state index in [0.29, 0.717) is 19.3 Å². The Morgan fingerprint density at radius 3 is 1.24 bits per heavy atom. The first-order valence-electron chi connectivity index (χ1n) is 21.8. The topological polar surface area (TPSA) is 95.9 Å². The van der Waals surface area contributed by atoms with Crippen LogP contribution in [0.15, 0.2) is 0 Å². The summed E-state index contributed by atoms with van der Waals surface area (Å²) in [6.45, 7) is 6.45. The molecule has 6 heteroatoms. The molecule has 0 saturated heterocycles. The van der Waals surface area contributed by atoms with Crippen molar-refractivity contribution in [1.29, 1.82) is 0 Å². The number of ether oxygens (including phenoxy) is 1. The Hall–Kier alpha value is -1.14. The molecule has 3 N–H and O–H groups in total. The Bertz CT molecular complexity index is 702. The lowest BCUT2D eigenvalue weighted by Gasteiger charge is -2.24. The quantitative estimate of drug-likeness (QED) is 0.0439. The Balaban J connectivity index is 4.55. The number of carbonyl (C=O) groups is 2. The largest absolute Gasteiger partial charge is 0.462 e. The molecular formula is C43H85NO5. The van der Waals surface area contributed by atoms with Crippen LogP contribution in [0, 0.1) is 0 Å². The van der Waals surface area contributed by atoms with E-state index in [0.717, 1.165) is 44.9 Å². The van der Waals surface area contributed by atoms with Crippen molar-refractivity contribution in [2.45, 2.75) is 257 Å². The standard InChI is InChI=1S/C43H85NO5/c1-4-7-10-13-16-19-22-25-28-31-34-39(49-43(48)36-33-30-27-24-21-18-15-12-9-6-3)37-42(47)44-40(38-45)41(46)35-32-29-26-23-20-17-14-11-8-5-2/h39-41,45-46H,4-38H2,1-3H3,(H,44,47). The Labute approximate surface area is 305 Å². The third-order valence-electron chi connectivity index (χ3n) is 10.2. The molecule has 0 fully saturated rings. The summed E-state index contributed by atoms with van der Waals surface area (Å²) in [4.78, 5) is 25.8. The van der Waals surface area contributed by atoms with Gasteiger partial charge >= 0.3 is 5.97 Å². The highest BCUT2D eigenvalue weighted by Crippen LogP contribution is 2.18. The molecule has 6 nitrogen and oxygen atoms in total. The number of hydrogen-bond acceptors (Lipinski definition) is 5. The molecular weight excluding hydrogens is 610 g/mol. The molecule has 0 aromatic rings. The van der Waals surface area contributed by atoms with Crippen LogP contribution in [0.1, 0.15) is 239 Å². The van der Waals surface area contributed by atoms with Crippen molar-refractivity contribution in [2.75, 3.05) is 6.61 Å². The minimum absolute atomic E-state index is 0.0860. The summed E-state index contributed by atoms with van der Waals surface area (Å²) in [7, 11) is 0. The molecule has 0 rings (SSSR count). The number of aliphatic hydroxyl groups is 2. The van der Waals surface area contributed by atoms with Crippen LogP contribution in [0.4, 0.5) is 0 Å². The van der Waals surface area contributed by atoms with Crippen molar-refractivity contribution in [3.05, 3.63) is 0 Å². The third kappa shape index (κ3) is 33.7. The Morgan fingerprint density at radius 2 is 0.857 bits per heavy atom. The number of rotatable bonds is 39. The summed E-state index contributed by atoms with van der Waals surface area (Å²) in [6.07, 6.45) is 37.3. The second kappa shape index (κ2) is 38.1. The van der Waals surface area contributed by atoms with Gasteiger partial charge in [-0.25, -0.2) is 0 Å². The molecule has 292 valence electrons. The first kappa shape index (κ1) is 47.9. The number of hydrogen-bond donors (Lipinski definition) is 3. The van der Waals surface area contributed by atoms with E-state index in [1.807, 2.05) is 0 Å². The van der Waals surface area contributed by atoms with Gasteiger partial charge in [-0.05, 0) is 25.7 Å². The summed E-state index contributed by atoms with van der Waals surface area (Å²) in [5.41, 5.74) is 0. The average molecular weight is 696 g/mol. The SMILES string of the molecule is CCCCCCCCCCCCC(=O)OC(CCCCCCCCCCCC)CC(=O)NC(CO)C(O)CCCCCCCCCCCC. The zero-order chi connectivity index (χ0) is 36.0. The maximum atomic E-state index is 13.1. The van der Waals surface area contributed by atoms with Gasteiger partial charge in [-0.1, -0.05) is 201 Å². The van der Waals surface area contributed by atoms with Crippen LogP contribution in [0.5, 0.6) is 0 Å². The van der Waals surface area contributed by atoms with Gasteiger partial charge in [0.05, 0.1) is 25.2 Å². The molecule has 0 spiro atoms. The smallest absolute Gasteiger partial charge is 0.306 e. The summed E-state index contributed by atoms with van der Waals surface area (Å²) < 4.78 is 5.88. The Kier molecular flexibility index (Phi) is 37.2. The molecule has 3 unspecified atom stereocenters. The van der Waals surface area contributed by atoms with Crippen molar-refractivity contribution in [3.63, 3.8) is 0 Å². The summed E-state index contributed by atoms with van der Waals surface area (Å²) in [6, 6.07) is -0.689. The van der Waals surface area contributed by atoms with Crippen molar-refractivity contribution >= 4 is 11.9 Å². The number of aliphatic hydroxyl groups excluding tert-OH is 2. The normalized spacial score (nSPS) is 13.3. The van der Waals surface area contributed by atoms with Crippen LogP contribution in [0.3, 0.4) is 0 Å². The number of esters is 1. The van der Waals surface area contributed by atoms with Gasteiger partial charge in [0.25, 0.3) is 0 Å². The fraction of sp³-hybridized carbons (Fsp3) is 0.953. The van der Waals surface area contributed by atoms with E-state index in [4.69, 9.17) is 4.74 Å². The van der Waals surface area contributed by atoms with Gasteiger partial charge in [0, 0.05) is 6.42 Å². The van der Waals surface area contributed by atoms with Crippen molar-refractivity contribution in [2.24, 2.45) is 0 Å². The number of amides is 1. The summed E-state index contributed by atoms with van der Waals surface area (Å²) in [5, 5.41) is 23.5. The molecule has 0 bridgehead atoms. The van der Waals surface area contributed by atoms with E-state index in [1.165, 1.54) is 148 Å². The highest BCUT2D eigenvalue weighted by atomic mass is 16.5. The molecule has 1 amide bonds. The number of nitrogens with one attached hydrogen (secondary N) is 1. The van der Waals surface area contributed by atoms with Crippen LogP contribution in [-0.2, 0) is 14.3 Å². The summed E-state index contributed by atoms with van der Waals surface area (Å²) in [5.74, 6) is -0.464. The zero-order valence-electron chi connectivity index (χ0n) is 33.1. The highest BCUT2D eigenvalue weighted by molar-refractivity contribution is 5.77. The summed E-state index contributed by atoms with van der Waals surface area (Å²) >= 11 is 0. The van der Waals surface area contributed by atoms with E-state index in [9.17, 15) is 19.8 Å².